The number of amides is 1. The minimum absolute atomic E-state index is 0.0178. The fourth-order valence-electron chi connectivity index (χ4n) is 2.85. The highest BCUT2D eigenvalue weighted by Gasteiger charge is 2.39. The second-order valence-corrected chi connectivity index (χ2v) is 5.86. The highest BCUT2D eigenvalue weighted by Crippen LogP contribution is 2.29. The van der Waals surface area contributed by atoms with Gasteiger partial charge in [-0.1, -0.05) is 37.3 Å². The van der Waals surface area contributed by atoms with Crippen molar-refractivity contribution in [3.8, 4) is 11.5 Å². The van der Waals surface area contributed by atoms with Crippen molar-refractivity contribution in [2.45, 2.75) is 18.8 Å². The van der Waals surface area contributed by atoms with Crippen molar-refractivity contribution in [1.82, 2.24) is 5.32 Å². The number of carboxylic acid groups (broad SMARTS) is 1. The van der Waals surface area contributed by atoms with E-state index < -0.39 is 11.4 Å². The van der Waals surface area contributed by atoms with Gasteiger partial charge in [0.2, 0.25) is 0 Å². The largest absolute Gasteiger partial charge is 0.493 e. The zero-order valence-corrected chi connectivity index (χ0v) is 15.1. The molecule has 0 spiro atoms. The van der Waals surface area contributed by atoms with Crippen molar-refractivity contribution in [2.75, 3.05) is 20.8 Å². The van der Waals surface area contributed by atoms with Crippen molar-refractivity contribution in [1.29, 1.82) is 0 Å². The van der Waals surface area contributed by atoms with Gasteiger partial charge < -0.3 is 19.9 Å². The third-order valence-electron chi connectivity index (χ3n) is 4.54. The predicted molar refractivity (Wildman–Crippen MR) is 97.9 cm³/mol. The molecule has 0 aliphatic carbocycles. The zero-order valence-electron chi connectivity index (χ0n) is 15.1. The molecule has 0 heterocycles. The first-order valence-electron chi connectivity index (χ1n) is 8.27. The minimum atomic E-state index is -1.19. The molecule has 2 N–H and O–H groups in total. The van der Waals surface area contributed by atoms with Crippen LogP contribution in [0, 0.1) is 0 Å². The highest BCUT2D eigenvalue weighted by molar-refractivity contribution is 5.95. The number of rotatable bonds is 8. The van der Waals surface area contributed by atoms with E-state index in [1.807, 2.05) is 6.07 Å². The van der Waals surface area contributed by atoms with Crippen LogP contribution in [0.1, 0.15) is 29.3 Å². The number of hydrogen-bond acceptors (Lipinski definition) is 4. The van der Waals surface area contributed by atoms with E-state index in [0.717, 1.165) is 0 Å². The number of ether oxygens (including phenoxy) is 2. The molecule has 1 amide bonds. The molecule has 2 aromatic carbocycles. The summed E-state index contributed by atoms with van der Waals surface area (Å²) in [5.41, 5.74) is -0.165. The molecule has 0 fully saturated rings. The summed E-state index contributed by atoms with van der Waals surface area (Å²) in [5.74, 6) is -0.398. The third-order valence-corrected chi connectivity index (χ3v) is 4.54. The number of hydrogen-bond donors (Lipinski definition) is 2. The first-order chi connectivity index (χ1) is 12.5. The fourth-order valence-corrected chi connectivity index (χ4v) is 2.85. The van der Waals surface area contributed by atoms with Gasteiger partial charge in [0.25, 0.3) is 5.91 Å². The van der Waals surface area contributed by atoms with Gasteiger partial charge in [0.05, 0.1) is 14.2 Å². The summed E-state index contributed by atoms with van der Waals surface area (Å²) in [4.78, 5) is 24.5. The van der Waals surface area contributed by atoms with Crippen molar-refractivity contribution >= 4 is 11.9 Å². The van der Waals surface area contributed by atoms with E-state index >= 15 is 0 Å². The van der Waals surface area contributed by atoms with Gasteiger partial charge in [-0.2, -0.15) is 0 Å². The van der Waals surface area contributed by atoms with Gasteiger partial charge in [0.15, 0.2) is 11.5 Å². The molecule has 138 valence electrons. The maximum Gasteiger partial charge on any atom is 0.315 e. The zero-order chi connectivity index (χ0) is 19.2. The summed E-state index contributed by atoms with van der Waals surface area (Å²) in [5, 5.41) is 12.6. The van der Waals surface area contributed by atoms with E-state index in [-0.39, 0.29) is 12.5 Å². The van der Waals surface area contributed by atoms with Gasteiger partial charge in [-0.25, -0.2) is 0 Å². The molecular weight excluding hydrogens is 334 g/mol. The summed E-state index contributed by atoms with van der Waals surface area (Å²) < 4.78 is 10.4. The second-order valence-electron chi connectivity index (χ2n) is 5.86. The Morgan fingerprint density at radius 2 is 1.69 bits per heavy atom. The van der Waals surface area contributed by atoms with Gasteiger partial charge in [0, 0.05) is 12.1 Å². The van der Waals surface area contributed by atoms with Crippen LogP contribution in [0.15, 0.2) is 48.5 Å². The van der Waals surface area contributed by atoms with Gasteiger partial charge in [0.1, 0.15) is 5.41 Å². The molecule has 0 aliphatic heterocycles. The maximum atomic E-state index is 12.5. The summed E-state index contributed by atoms with van der Waals surface area (Å²) >= 11 is 0. The molecule has 6 heteroatoms. The first kappa shape index (κ1) is 19.3. The predicted octanol–water partition coefficient (Wildman–Crippen LogP) is 2.87. The minimum Gasteiger partial charge on any atom is -0.493 e. The van der Waals surface area contributed by atoms with E-state index in [4.69, 9.17) is 9.47 Å². The van der Waals surface area contributed by atoms with Crippen molar-refractivity contribution < 1.29 is 24.2 Å². The number of carbonyl (C=O) groups is 2. The van der Waals surface area contributed by atoms with Crippen LogP contribution in [0.25, 0.3) is 0 Å². The molecule has 6 nitrogen and oxygen atoms in total. The smallest absolute Gasteiger partial charge is 0.315 e. The molecule has 1 atom stereocenters. The van der Waals surface area contributed by atoms with Crippen LogP contribution in [-0.4, -0.2) is 37.7 Å². The van der Waals surface area contributed by atoms with E-state index in [9.17, 15) is 14.7 Å². The molecule has 2 rings (SSSR count). The van der Waals surface area contributed by atoms with Crippen molar-refractivity contribution in [3.63, 3.8) is 0 Å². The Morgan fingerprint density at radius 1 is 1.04 bits per heavy atom. The molecule has 0 saturated carbocycles. The lowest BCUT2D eigenvalue weighted by molar-refractivity contribution is -0.143. The Morgan fingerprint density at radius 3 is 2.23 bits per heavy atom. The summed E-state index contributed by atoms with van der Waals surface area (Å²) in [6.45, 7) is 1.78. The monoisotopic (exact) mass is 357 g/mol. The summed E-state index contributed by atoms with van der Waals surface area (Å²) in [7, 11) is 3.00. The lowest BCUT2D eigenvalue weighted by atomic mass is 9.78. The number of carboxylic acids is 1. The SMILES string of the molecule is CCC(CNC(=O)c1ccc(OC)c(OC)c1)(C(=O)O)c1ccccc1. The Kier molecular flexibility index (Phi) is 6.22. The standard InChI is InChI=1S/C20H23NO5/c1-4-20(19(23)24,15-8-6-5-7-9-15)13-21-18(22)14-10-11-16(25-2)17(12-14)26-3/h5-12H,4,13H2,1-3H3,(H,21,22)(H,23,24). The van der Waals surface area contributed by atoms with E-state index in [1.54, 1.807) is 49.4 Å². The molecular formula is C20H23NO5. The normalized spacial score (nSPS) is 12.7. The van der Waals surface area contributed by atoms with Gasteiger partial charge >= 0.3 is 5.97 Å². The van der Waals surface area contributed by atoms with Gasteiger partial charge in [-0.3, -0.25) is 9.59 Å². The number of carbonyl (C=O) groups excluding carboxylic acids is 1. The highest BCUT2D eigenvalue weighted by atomic mass is 16.5. The number of aliphatic carboxylic acids is 1. The molecule has 1 unspecified atom stereocenters. The molecule has 26 heavy (non-hydrogen) atoms. The third kappa shape index (κ3) is 3.79. The first-order valence-corrected chi connectivity index (χ1v) is 8.27. The Hall–Kier alpha value is -3.02. The van der Waals surface area contributed by atoms with Crippen LogP contribution in [0.5, 0.6) is 11.5 Å². The Balaban J connectivity index is 2.24. The van der Waals surface area contributed by atoms with Crippen LogP contribution in [-0.2, 0) is 10.2 Å². The van der Waals surface area contributed by atoms with Crippen LogP contribution in [0.3, 0.4) is 0 Å². The second kappa shape index (κ2) is 8.38. The van der Waals surface area contributed by atoms with E-state index in [0.29, 0.717) is 29.0 Å². The molecule has 0 radical (unpaired) electrons. The topological polar surface area (TPSA) is 84.9 Å². The molecule has 0 aliphatic rings. The van der Waals surface area contributed by atoms with Crippen LogP contribution in [0.2, 0.25) is 0 Å². The molecule has 0 saturated heterocycles. The molecule has 2 aromatic rings. The van der Waals surface area contributed by atoms with Crippen LogP contribution < -0.4 is 14.8 Å². The van der Waals surface area contributed by atoms with E-state index in [1.165, 1.54) is 14.2 Å². The quantitative estimate of drug-likeness (QED) is 0.759. The average Bonchev–Trinajstić information content (AvgIpc) is 2.68. The number of benzene rings is 2. The van der Waals surface area contributed by atoms with Gasteiger partial charge in [-0.15, -0.1) is 0 Å². The average molecular weight is 357 g/mol. The van der Waals surface area contributed by atoms with Crippen molar-refractivity contribution in [2.24, 2.45) is 0 Å². The lowest BCUT2D eigenvalue weighted by Crippen LogP contribution is -2.46. The number of methoxy groups -OCH3 is 2. The van der Waals surface area contributed by atoms with Crippen LogP contribution >= 0.6 is 0 Å². The van der Waals surface area contributed by atoms with Gasteiger partial charge in [-0.05, 0) is 30.2 Å². The fraction of sp³-hybridized carbons (Fsp3) is 0.300. The van der Waals surface area contributed by atoms with Crippen molar-refractivity contribution in [3.05, 3.63) is 59.7 Å². The summed E-state index contributed by atoms with van der Waals surface area (Å²) in [6, 6.07) is 13.7. The maximum absolute atomic E-state index is 12.5. The molecule has 0 bridgehead atoms. The Bertz CT molecular complexity index is 775. The molecule has 0 aromatic heterocycles. The lowest BCUT2D eigenvalue weighted by Gasteiger charge is -2.29. The van der Waals surface area contributed by atoms with Crippen LogP contribution in [0.4, 0.5) is 0 Å². The summed E-state index contributed by atoms with van der Waals surface area (Å²) in [6.07, 6.45) is 0.346. The Labute approximate surface area is 152 Å². The van der Waals surface area contributed by atoms with E-state index in [2.05, 4.69) is 5.32 Å². The number of nitrogens with one attached hydrogen (secondary N) is 1.